The van der Waals surface area contributed by atoms with E-state index in [9.17, 15) is 4.21 Å². The molecule has 15 heavy (non-hydrogen) atoms. The third-order valence-electron chi connectivity index (χ3n) is 2.24. The van der Waals surface area contributed by atoms with E-state index in [1.165, 1.54) is 5.56 Å². The van der Waals surface area contributed by atoms with Gasteiger partial charge in [-0.05, 0) is 35.4 Å². The van der Waals surface area contributed by atoms with Crippen molar-refractivity contribution >= 4 is 22.1 Å². The van der Waals surface area contributed by atoms with Gasteiger partial charge < -0.3 is 4.18 Å². The smallest absolute Gasteiger partial charge is 0.357 e. The quantitative estimate of drug-likeness (QED) is 0.794. The van der Waals surface area contributed by atoms with Crippen molar-refractivity contribution in [3.63, 3.8) is 0 Å². The number of fused-ring (bicyclic) bond motifs is 1. The van der Waals surface area contributed by atoms with E-state index in [1.54, 1.807) is 12.1 Å². The molecule has 3 nitrogen and oxygen atoms in total. The van der Waals surface area contributed by atoms with Gasteiger partial charge in [0.25, 0.3) is 0 Å². The summed E-state index contributed by atoms with van der Waals surface area (Å²) in [5.41, 5.74) is 1.17. The highest BCUT2D eigenvalue weighted by molar-refractivity contribution is 7.74. The molecule has 0 bridgehead atoms. The van der Waals surface area contributed by atoms with Crippen molar-refractivity contribution in [2.75, 3.05) is 0 Å². The molecule has 0 amide bonds. The molecule has 0 fully saturated rings. The van der Waals surface area contributed by atoms with Crippen LogP contribution in [0.5, 0.6) is 5.75 Å². The standard InChI is InChI=1S/C11H10O3S/c1-8-3-2-4-9-7-10(14-15(12)13)5-6-11(8)9/h2-7H,1H3,(H,12,13). The molecule has 0 aromatic heterocycles. The number of hydrogen-bond acceptors (Lipinski definition) is 2. The van der Waals surface area contributed by atoms with Crippen molar-refractivity contribution in [2.45, 2.75) is 6.92 Å². The highest BCUT2D eigenvalue weighted by Gasteiger charge is 2.01. The zero-order valence-corrected chi connectivity index (χ0v) is 8.95. The van der Waals surface area contributed by atoms with Crippen molar-refractivity contribution in [3.8, 4) is 5.75 Å². The summed E-state index contributed by atoms with van der Waals surface area (Å²) in [5.74, 6) is 0.397. The Hall–Kier alpha value is -1.39. The predicted molar refractivity (Wildman–Crippen MR) is 60.1 cm³/mol. The Bertz CT molecular complexity index is 522. The molecule has 0 spiro atoms. The molecular formula is C11H10O3S. The summed E-state index contributed by atoms with van der Waals surface area (Å²) in [4.78, 5) is 0. The minimum atomic E-state index is -2.26. The van der Waals surface area contributed by atoms with E-state index in [0.29, 0.717) is 5.75 Å². The van der Waals surface area contributed by atoms with Crippen LogP contribution in [-0.4, -0.2) is 8.76 Å². The molecule has 0 aliphatic heterocycles. The molecule has 2 rings (SSSR count). The first-order valence-electron chi connectivity index (χ1n) is 4.45. The molecule has 0 aliphatic carbocycles. The molecule has 0 saturated carbocycles. The first-order chi connectivity index (χ1) is 7.16. The average Bonchev–Trinajstić information content (AvgIpc) is 2.17. The van der Waals surface area contributed by atoms with Gasteiger partial charge in [0.15, 0.2) is 0 Å². The highest BCUT2D eigenvalue weighted by Crippen LogP contribution is 2.23. The maximum absolute atomic E-state index is 10.5. The average molecular weight is 222 g/mol. The second-order valence-corrected chi connectivity index (χ2v) is 3.86. The van der Waals surface area contributed by atoms with Crippen LogP contribution in [-0.2, 0) is 11.4 Å². The second kappa shape index (κ2) is 4.00. The third kappa shape index (κ3) is 2.16. The van der Waals surface area contributed by atoms with Crippen LogP contribution in [0.1, 0.15) is 5.56 Å². The first-order valence-corrected chi connectivity index (χ1v) is 5.48. The van der Waals surface area contributed by atoms with Crippen LogP contribution in [0.15, 0.2) is 36.4 Å². The van der Waals surface area contributed by atoms with Gasteiger partial charge in [-0.2, -0.15) is 4.21 Å². The zero-order valence-electron chi connectivity index (χ0n) is 8.14. The van der Waals surface area contributed by atoms with Gasteiger partial charge in [-0.15, -0.1) is 0 Å². The zero-order chi connectivity index (χ0) is 10.8. The lowest BCUT2D eigenvalue weighted by atomic mass is 10.1. The van der Waals surface area contributed by atoms with Crippen LogP contribution < -0.4 is 4.18 Å². The van der Waals surface area contributed by atoms with Crippen molar-refractivity contribution in [1.29, 1.82) is 0 Å². The number of hydrogen-bond donors (Lipinski definition) is 1. The van der Waals surface area contributed by atoms with Crippen molar-refractivity contribution in [3.05, 3.63) is 42.0 Å². The summed E-state index contributed by atoms with van der Waals surface area (Å²) in [7, 11) is 0. The summed E-state index contributed by atoms with van der Waals surface area (Å²) in [6.07, 6.45) is 0. The van der Waals surface area contributed by atoms with Crippen LogP contribution in [0.25, 0.3) is 10.8 Å². The Balaban J connectivity index is 2.52. The molecule has 0 heterocycles. The van der Waals surface area contributed by atoms with Crippen LogP contribution >= 0.6 is 0 Å². The van der Waals surface area contributed by atoms with E-state index in [0.717, 1.165) is 10.8 Å². The SMILES string of the molecule is Cc1cccc2cc(OS(=O)O)ccc12. The Morgan fingerprint density at radius 1 is 1.27 bits per heavy atom. The molecule has 0 saturated heterocycles. The van der Waals surface area contributed by atoms with Crippen molar-refractivity contribution in [2.24, 2.45) is 0 Å². The lowest BCUT2D eigenvalue weighted by Crippen LogP contribution is -1.97. The Labute approximate surface area is 90.2 Å². The fourth-order valence-corrected chi connectivity index (χ4v) is 1.83. The lowest BCUT2D eigenvalue weighted by Gasteiger charge is -2.04. The summed E-state index contributed by atoms with van der Waals surface area (Å²) in [6, 6.07) is 11.2. The molecule has 2 aromatic carbocycles. The largest absolute Gasteiger partial charge is 0.380 e. The normalized spacial score (nSPS) is 12.7. The van der Waals surface area contributed by atoms with Gasteiger partial charge >= 0.3 is 11.4 Å². The van der Waals surface area contributed by atoms with Gasteiger partial charge in [-0.1, -0.05) is 24.3 Å². The van der Waals surface area contributed by atoms with E-state index in [1.807, 2.05) is 31.2 Å². The molecule has 2 aromatic rings. The number of aryl methyl sites for hydroxylation is 1. The van der Waals surface area contributed by atoms with Gasteiger partial charge in [0.2, 0.25) is 0 Å². The molecule has 4 heteroatoms. The topological polar surface area (TPSA) is 46.5 Å². The molecule has 1 N–H and O–H groups in total. The van der Waals surface area contributed by atoms with E-state index < -0.39 is 11.4 Å². The van der Waals surface area contributed by atoms with Gasteiger partial charge in [0.05, 0.1) is 0 Å². The minimum Gasteiger partial charge on any atom is -0.380 e. The maximum atomic E-state index is 10.5. The fourth-order valence-electron chi connectivity index (χ4n) is 1.56. The lowest BCUT2D eigenvalue weighted by molar-refractivity contribution is 0.458. The fraction of sp³-hybridized carbons (Fsp3) is 0.0909. The van der Waals surface area contributed by atoms with Crippen LogP contribution in [0, 0.1) is 6.92 Å². The Morgan fingerprint density at radius 3 is 2.80 bits per heavy atom. The molecule has 0 radical (unpaired) electrons. The van der Waals surface area contributed by atoms with Gasteiger partial charge in [0.1, 0.15) is 5.75 Å². The van der Waals surface area contributed by atoms with Crippen molar-refractivity contribution < 1.29 is 12.9 Å². The number of rotatable bonds is 2. The third-order valence-corrected chi connectivity index (χ3v) is 2.57. The first kappa shape index (κ1) is 10.1. The summed E-state index contributed by atoms with van der Waals surface area (Å²) in [5, 5.41) is 2.12. The van der Waals surface area contributed by atoms with E-state index in [4.69, 9.17) is 4.55 Å². The van der Waals surface area contributed by atoms with Gasteiger partial charge in [-0.3, -0.25) is 4.55 Å². The summed E-state index contributed by atoms with van der Waals surface area (Å²) in [6.45, 7) is 2.02. The van der Waals surface area contributed by atoms with Gasteiger partial charge in [0, 0.05) is 0 Å². The Morgan fingerprint density at radius 2 is 2.07 bits per heavy atom. The summed E-state index contributed by atoms with van der Waals surface area (Å²) >= 11 is -2.26. The molecule has 1 unspecified atom stereocenters. The van der Waals surface area contributed by atoms with Crippen molar-refractivity contribution in [1.82, 2.24) is 0 Å². The van der Waals surface area contributed by atoms with Gasteiger partial charge in [-0.25, -0.2) is 0 Å². The second-order valence-electron chi connectivity index (χ2n) is 3.26. The monoisotopic (exact) mass is 222 g/mol. The minimum absolute atomic E-state index is 0.397. The molecule has 0 aliphatic rings. The van der Waals surface area contributed by atoms with E-state index in [-0.39, 0.29) is 0 Å². The highest BCUT2D eigenvalue weighted by atomic mass is 32.2. The Kier molecular flexibility index (Phi) is 2.70. The molecule has 78 valence electrons. The summed E-state index contributed by atoms with van der Waals surface area (Å²) < 4.78 is 23.7. The molecule has 1 atom stereocenters. The number of benzene rings is 2. The van der Waals surface area contributed by atoms with Crippen LogP contribution in [0.4, 0.5) is 0 Å². The van der Waals surface area contributed by atoms with Crippen LogP contribution in [0.2, 0.25) is 0 Å². The maximum Gasteiger partial charge on any atom is 0.357 e. The van der Waals surface area contributed by atoms with Crippen LogP contribution in [0.3, 0.4) is 0 Å². The predicted octanol–water partition coefficient (Wildman–Crippen LogP) is 2.66. The van der Waals surface area contributed by atoms with E-state index in [2.05, 4.69) is 4.18 Å². The van der Waals surface area contributed by atoms with E-state index >= 15 is 0 Å². The molecular weight excluding hydrogens is 212 g/mol.